The number of fused-ring (bicyclic) bond motifs is 1. The zero-order chi connectivity index (χ0) is 13.4. The van der Waals surface area contributed by atoms with Gasteiger partial charge >= 0.3 is 57.5 Å². The van der Waals surface area contributed by atoms with Crippen LogP contribution < -0.4 is 17.0 Å². The number of benzene rings is 1. The monoisotopic (exact) mass is 299 g/mol. The van der Waals surface area contributed by atoms with Crippen LogP contribution in [0.2, 0.25) is 0 Å². The van der Waals surface area contributed by atoms with Crippen molar-refractivity contribution in [3.8, 4) is 0 Å². The van der Waals surface area contributed by atoms with Crippen LogP contribution >= 0.6 is 0 Å². The number of hydrogen-bond donors (Lipinski definition) is 5. The second-order valence-electron chi connectivity index (χ2n) is 2.61. The third kappa shape index (κ3) is 8.02. The fourth-order valence-corrected chi connectivity index (χ4v) is 1.09. The predicted molar refractivity (Wildman–Crippen MR) is 69.2 cm³/mol. The van der Waals surface area contributed by atoms with Gasteiger partial charge < -0.3 is 21.0 Å². The van der Waals surface area contributed by atoms with Crippen LogP contribution in [0.25, 0.3) is 0 Å². The first kappa shape index (κ1) is 23.3. The Hall–Kier alpha value is -0.854. The molecule has 102 valence electrons. The maximum atomic E-state index is 11.0. The summed E-state index contributed by atoms with van der Waals surface area (Å²) >= 11 is 0. The summed E-state index contributed by atoms with van der Waals surface area (Å²) in [6, 6.07) is 6.85. The molecule has 1 aromatic carbocycles. The molecule has 0 radical (unpaired) electrons. The van der Waals surface area contributed by atoms with Gasteiger partial charge in [-0.25, -0.2) is 4.79 Å². The van der Waals surface area contributed by atoms with Crippen LogP contribution in [0.4, 0.5) is 10.5 Å². The first-order chi connectivity index (χ1) is 8.02. The van der Waals surface area contributed by atoms with Crippen LogP contribution in [0.15, 0.2) is 24.3 Å². The van der Waals surface area contributed by atoms with Gasteiger partial charge in [0.15, 0.2) is 0 Å². The van der Waals surface area contributed by atoms with Gasteiger partial charge in [0.25, 0.3) is 11.7 Å². The number of nitrogens with one attached hydrogen (secondary N) is 1. The topological polar surface area (TPSA) is 187 Å². The van der Waals surface area contributed by atoms with E-state index in [1.807, 2.05) is 0 Å². The molecule has 0 saturated heterocycles. The molecule has 10 heteroatoms. The van der Waals surface area contributed by atoms with E-state index >= 15 is 0 Å². The number of amides is 1. The third-order valence-corrected chi connectivity index (χ3v) is 1.63. The number of para-hydroxylation sites is 1. The summed E-state index contributed by atoms with van der Waals surface area (Å²) in [5.41, 5.74) is 1.08. The summed E-state index contributed by atoms with van der Waals surface area (Å²) in [5, 5.41) is 16.4. The van der Waals surface area contributed by atoms with Crippen molar-refractivity contribution in [1.29, 1.82) is 0 Å². The fourth-order valence-electron chi connectivity index (χ4n) is 1.09. The van der Waals surface area contributed by atoms with Gasteiger partial charge in [-0.15, -0.1) is 0 Å². The molecule has 0 unspecified atom stereocenters. The van der Waals surface area contributed by atoms with Crippen molar-refractivity contribution in [2.24, 2.45) is 11.7 Å². The van der Waals surface area contributed by atoms with Gasteiger partial charge in [0.2, 0.25) is 0 Å². The molecule has 1 aliphatic heterocycles. The van der Waals surface area contributed by atoms with E-state index in [0.29, 0.717) is 11.3 Å². The Labute approximate surface area is 150 Å². The average Bonchev–Trinajstić information content (AvgIpc) is 2.58. The summed E-state index contributed by atoms with van der Waals surface area (Å²) in [7, 11) is 0. The molecule has 0 spiro atoms. The van der Waals surface area contributed by atoms with E-state index in [2.05, 4.69) is 17.0 Å². The molecule has 0 fully saturated rings. The number of carboxylic acid groups (broad SMARTS) is 2. The van der Waals surface area contributed by atoms with E-state index in [9.17, 15) is 9.59 Å². The molecule has 1 aliphatic rings. The van der Waals surface area contributed by atoms with Gasteiger partial charge in [-0.2, -0.15) is 0 Å². The number of ketones is 1. The number of rotatable bonds is 0. The van der Waals surface area contributed by atoms with Crippen molar-refractivity contribution in [3.05, 3.63) is 29.8 Å². The number of hydrogen-bond acceptors (Lipinski definition) is 5. The molecule has 19 heavy (non-hydrogen) atoms. The third-order valence-electron chi connectivity index (χ3n) is 1.63. The number of hydrazine groups is 1. The molecule has 1 aromatic rings. The Kier molecular flexibility index (Phi) is 14.9. The quantitative estimate of drug-likeness (QED) is 0.165. The second-order valence-corrected chi connectivity index (χ2v) is 2.61. The molecule has 0 atom stereocenters. The molecule has 0 bridgehead atoms. The van der Waals surface area contributed by atoms with E-state index in [0.717, 1.165) is 0 Å². The minimum atomic E-state index is -1.83. The van der Waals surface area contributed by atoms with E-state index in [4.69, 9.17) is 15.0 Å². The van der Waals surface area contributed by atoms with Crippen LogP contribution in [0, 0.1) is 0 Å². The first-order valence-electron chi connectivity index (χ1n) is 4.22. The minimum absolute atomic E-state index is 0. The van der Waals surface area contributed by atoms with E-state index in [-0.39, 0.29) is 56.9 Å². The van der Waals surface area contributed by atoms with E-state index in [1.54, 1.807) is 24.3 Å². The molecule has 9 nitrogen and oxygen atoms in total. The zero-order valence-corrected chi connectivity index (χ0v) is 9.08. The Morgan fingerprint density at radius 2 is 1.53 bits per heavy atom. The zero-order valence-electron chi connectivity index (χ0n) is 9.08. The molecular weight excluding hydrogens is 285 g/mol. The van der Waals surface area contributed by atoms with Crippen molar-refractivity contribution in [1.82, 2.24) is 0 Å². The van der Waals surface area contributed by atoms with Gasteiger partial charge in [0.05, 0.1) is 11.3 Å². The number of anilines is 1. The Bertz CT molecular complexity index is 436. The predicted octanol–water partition coefficient (Wildman–Crippen LogP) is -1.61. The molecule has 9 N–H and O–H groups in total. The van der Waals surface area contributed by atoms with E-state index in [1.165, 1.54) is 0 Å². The normalized spacial score (nSPS) is 10.0. The maximum absolute atomic E-state index is 11.0. The molecule has 1 heterocycles. The van der Waals surface area contributed by atoms with Gasteiger partial charge in [-0.3, -0.25) is 21.3 Å². The summed E-state index contributed by atoms with van der Waals surface area (Å²) in [5.74, 6) is 7.02. The van der Waals surface area contributed by atoms with Crippen LogP contribution in [-0.2, 0) is 4.79 Å². The Morgan fingerprint density at radius 1 is 1.11 bits per heavy atom. The molecule has 0 saturated carbocycles. The summed E-state index contributed by atoms with van der Waals surface area (Å²) in [6.45, 7) is 0. The number of carbonyl (C=O) groups excluding carboxylic acids is 2. The van der Waals surface area contributed by atoms with Crippen molar-refractivity contribution in [2.75, 3.05) is 5.32 Å². The standard InChI is InChI=1S/C8H5NO2.CH2O3.K.H4N2.H2O.H/c10-7-5-3-1-2-4-6(5)9-8(7)11;2-1(3)4;;1-2;;/h1-4H,(H,9,10,11);(H2,2,3,4);;1-2H2;1H2;. The van der Waals surface area contributed by atoms with Gasteiger partial charge in [0, 0.05) is 0 Å². The summed E-state index contributed by atoms with van der Waals surface area (Å²) in [6.07, 6.45) is -1.83. The van der Waals surface area contributed by atoms with Gasteiger partial charge in [-0.1, -0.05) is 12.1 Å². The van der Waals surface area contributed by atoms with Crippen molar-refractivity contribution in [2.45, 2.75) is 0 Å². The molecular formula is C9H14KN3O6. The second kappa shape index (κ2) is 12.2. The van der Waals surface area contributed by atoms with Crippen LogP contribution in [-0.4, -0.2) is 84.9 Å². The van der Waals surface area contributed by atoms with Gasteiger partial charge in [0.1, 0.15) is 0 Å². The number of carbonyl (C=O) groups is 3. The van der Waals surface area contributed by atoms with Crippen LogP contribution in [0.5, 0.6) is 0 Å². The molecule has 0 aromatic heterocycles. The van der Waals surface area contributed by atoms with Crippen LogP contribution in [0.1, 0.15) is 10.4 Å². The average molecular weight is 299 g/mol. The Balaban J connectivity index is -0.000000281. The molecule has 0 aliphatic carbocycles. The summed E-state index contributed by atoms with van der Waals surface area (Å²) < 4.78 is 0. The van der Waals surface area contributed by atoms with Gasteiger partial charge in [-0.05, 0) is 12.1 Å². The summed E-state index contributed by atoms with van der Waals surface area (Å²) in [4.78, 5) is 30.3. The Morgan fingerprint density at radius 3 is 1.95 bits per heavy atom. The number of Topliss-reactive ketones (excluding diaryl/α,β-unsaturated/α-hetero) is 1. The number of nitrogens with two attached hydrogens (primary N) is 2. The van der Waals surface area contributed by atoms with Crippen molar-refractivity contribution in [3.63, 3.8) is 0 Å². The van der Waals surface area contributed by atoms with Crippen molar-refractivity contribution < 1.29 is 30.1 Å². The van der Waals surface area contributed by atoms with E-state index < -0.39 is 17.8 Å². The SMILES string of the molecule is NN.O.O=C(O)O.O=C1Nc2ccccc2C1=O.[KH]. The fraction of sp³-hybridized carbons (Fsp3) is 0. The molecule has 1 amide bonds. The molecule has 2 rings (SSSR count). The van der Waals surface area contributed by atoms with Crippen molar-refractivity contribution >= 4 is 74.9 Å². The first-order valence-corrected chi connectivity index (χ1v) is 4.22. The van der Waals surface area contributed by atoms with Crippen LogP contribution in [0.3, 0.4) is 0 Å².